The monoisotopic (exact) mass is 376 g/mol. The summed E-state index contributed by atoms with van der Waals surface area (Å²) >= 11 is 0. The Labute approximate surface area is 161 Å². The average Bonchev–Trinajstić information content (AvgIpc) is 3.14. The predicted molar refractivity (Wildman–Crippen MR) is 108 cm³/mol. The van der Waals surface area contributed by atoms with Gasteiger partial charge in [0.05, 0.1) is 23.0 Å². The zero-order valence-corrected chi connectivity index (χ0v) is 15.9. The topological polar surface area (TPSA) is 84.5 Å². The molecule has 4 aromatic rings. The van der Waals surface area contributed by atoms with Gasteiger partial charge < -0.3 is 10.2 Å². The van der Waals surface area contributed by atoms with Crippen LogP contribution in [0.3, 0.4) is 0 Å². The predicted octanol–water partition coefficient (Wildman–Crippen LogP) is 1.90. The number of hydrogen-bond acceptors (Lipinski definition) is 5. The third-order valence-electron chi connectivity index (χ3n) is 4.69. The van der Waals surface area contributed by atoms with Crippen molar-refractivity contribution < 1.29 is 4.79 Å². The Hall–Kier alpha value is -3.68. The second kappa shape index (κ2) is 6.80. The number of amides is 1. The van der Waals surface area contributed by atoms with E-state index in [9.17, 15) is 9.59 Å². The highest BCUT2D eigenvalue weighted by atomic mass is 16.2. The van der Waals surface area contributed by atoms with Crippen LogP contribution in [0.4, 0.5) is 5.69 Å². The molecule has 28 heavy (non-hydrogen) atoms. The Balaban J connectivity index is 1.77. The fourth-order valence-electron chi connectivity index (χ4n) is 3.25. The molecule has 0 saturated heterocycles. The number of rotatable bonds is 4. The lowest BCUT2D eigenvalue weighted by molar-refractivity contribution is 0.0828. The number of para-hydroxylation sites is 2. The minimum absolute atomic E-state index is 0.0814. The average molecular weight is 376 g/mol. The van der Waals surface area contributed by atoms with Gasteiger partial charge in [0.25, 0.3) is 11.5 Å². The second-order valence-electron chi connectivity index (χ2n) is 6.73. The highest BCUT2D eigenvalue weighted by Gasteiger charge is 2.16. The maximum atomic E-state index is 12.5. The van der Waals surface area contributed by atoms with Crippen molar-refractivity contribution in [1.29, 1.82) is 0 Å². The number of anilines is 1. The minimum atomic E-state index is -0.114. The van der Waals surface area contributed by atoms with Gasteiger partial charge >= 0.3 is 0 Å². The van der Waals surface area contributed by atoms with Crippen LogP contribution in [0.25, 0.3) is 16.7 Å². The molecule has 0 atom stereocenters. The summed E-state index contributed by atoms with van der Waals surface area (Å²) in [4.78, 5) is 26.5. The summed E-state index contributed by atoms with van der Waals surface area (Å²) in [6, 6.07) is 14.7. The van der Waals surface area contributed by atoms with E-state index in [2.05, 4.69) is 15.5 Å². The Bertz CT molecular complexity index is 1250. The van der Waals surface area contributed by atoms with Crippen molar-refractivity contribution >= 4 is 28.3 Å². The molecule has 2 heterocycles. The number of benzene rings is 2. The molecule has 2 aromatic carbocycles. The zero-order valence-electron chi connectivity index (χ0n) is 15.9. The molecule has 0 bridgehead atoms. The SMILES string of the molecule is CN(C)C(=O)c1ccccc1NCc1nnc2n(C)c(=O)c3ccccc3n12. The normalized spacial score (nSPS) is 11.1. The van der Waals surface area contributed by atoms with Crippen molar-refractivity contribution in [3.05, 3.63) is 70.3 Å². The lowest BCUT2D eigenvalue weighted by atomic mass is 10.1. The van der Waals surface area contributed by atoms with Crippen LogP contribution in [0.15, 0.2) is 53.3 Å². The van der Waals surface area contributed by atoms with Crippen molar-refractivity contribution in [1.82, 2.24) is 24.1 Å². The molecule has 1 N–H and O–H groups in total. The first-order chi connectivity index (χ1) is 13.5. The molecule has 0 radical (unpaired) electrons. The molecule has 0 aliphatic heterocycles. The highest BCUT2D eigenvalue weighted by Crippen LogP contribution is 2.19. The van der Waals surface area contributed by atoms with Crippen molar-refractivity contribution in [3.8, 4) is 0 Å². The van der Waals surface area contributed by atoms with E-state index >= 15 is 0 Å². The van der Waals surface area contributed by atoms with E-state index < -0.39 is 0 Å². The summed E-state index contributed by atoms with van der Waals surface area (Å²) in [5.74, 6) is 1.04. The van der Waals surface area contributed by atoms with Crippen LogP contribution in [-0.2, 0) is 13.6 Å². The first kappa shape index (κ1) is 17.7. The van der Waals surface area contributed by atoms with E-state index in [0.29, 0.717) is 34.8 Å². The smallest absolute Gasteiger partial charge is 0.262 e. The van der Waals surface area contributed by atoms with Gasteiger partial charge in [0.2, 0.25) is 5.78 Å². The zero-order chi connectivity index (χ0) is 19.8. The van der Waals surface area contributed by atoms with Crippen molar-refractivity contribution in [2.75, 3.05) is 19.4 Å². The van der Waals surface area contributed by atoms with Crippen LogP contribution in [0.2, 0.25) is 0 Å². The second-order valence-corrected chi connectivity index (χ2v) is 6.73. The van der Waals surface area contributed by atoms with Crippen molar-refractivity contribution in [2.45, 2.75) is 6.54 Å². The fraction of sp³-hybridized carbons (Fsp3) is 0.200. The van der Waals surface area contributed by atoms with Gasteiger partial charge in [-0.3, -0.25) is 18.6 Å². The highest BCUT2D eigenvalue weighted by molar-refractivity contribution is 5.99. The molecule has 1 amide bonds. The van der Waals surface area contributed by atoms with Gasteiger partial charge in [-0.1, -0.05) is 24.3 Å². The standard InChI is InChI=1S/C20H20N6O2/c1-24(2)18(27)13-8-4-6-10-15(13)21-12-17-22-23-20-25(3)19(28)14-9-5-7-11-16(14)26(17)20/h4-11,21H,12H2,1-3H3. The summed E-state index contributed by atoms with van der Waals surface area (Å²) in [6.45, 7) is 0.348. The molecule has 4 rings (SSSR count). The molecule has 142 valence electrons. The maximum absolute atomic E-state index is 12.5. The fourth-order valence-corrected chi connectivity index (χ4v) is 3.25. The lowest BCUT2D eigenvalue weighted by Gasteiger charge is -2.15. The molecule has 0 aliphatic carbocycles. The Morgan fingerprint density at radius 2 is 1.79 bits per heavy atom. The largest absolute Gasteiger partial charge is 0.377 e. The number of carbonyl (C=O) groups is 1. The molecular formula is C20H20N6O2. The molecule has 8 heteroatoms. The van der Waals surface area contributed by atoms with Crippen LogP contribution in [0.1, 0.15) is 16.2 Å². The van der Waals surface area contributed by atoms with E-state index in [4.69, 9.17) is 0 Å². The van der Waals surface area contributed by atoms with Gasteiger partial charge in [-0.15, -0.1) is 10.2 Å². The number of hydrogen-bond donors (Lipinski definition) is 1. The van der Waals surface area contributed by atoms with Gasteiger partial charge in [-0.05, 0) is 24.3 Å². The first-order valence-electron chi connectivity index (χ1n) is 8.85. The van der Waals surface area contributed by atoms with Crippen LogP contribution >= 0.6 is 0 Å². The minimum Gasteiger partial charge on any atom is -0.377 e. The van der Waals surface area contributed by atoms with Gasteiger partial charge in [-0.25, -0.2) is 0 Å². The van der Waals surface area contributed by atoms with Crippen LogP contribution in [-0.4, -0.2) is 44.1 Å². The van der Waals surface area contributed by atoms with Gasteiger partial charge in [-0.2, -0.15) is 0 Å². The molecule has 0 fully saturated rings. The van der Waals surface area contributed by atoms with Crippen LogP contribution in [0.5, 0.6) is 0 Å². The number of nitrogens with zero attached hydrogens (tertiary/aromatic N) is 5. The number of aryl methyl sites for hydroxylation is 1. The summed E-state index contributed by atoms with van der Waals surface area (Å²) in [7, 11) is 5.12. The molecule has 0 saturated carbocycles. The maximum Gasteiger partial charge on any atom is 0.262 e. The number of carbonyl (C=O) groups excluding carboxylic acids is 1. The Kier molecular flexibility index (Phi) is 4.31. The Morgan fingerprint density at radius 1 is 1.07 bits per heavy atom. The first-order valence-corrected chi connectivity index (χ1v) is 8.85. The van der Waals surface area contributed by atoms with Gasteiger partial charge in [0.15, 0.2) is 5.82 Å². The van der Waals surface area contributed by atoms with Crippen molar-refractivity contribution in [2.24, 2.45) is 7.05 Å². The molecule has 2 aromatic heterocycles. The number of fused-ring (bicyclic) bond motifs is 3. The number of aromatic nitrogens is 4. The summed E-state index contributed by atoms with van der Waals surface area (Å²) < 4.78 is 3.35. The van der Waals surface area contributed by atoms with Crippen LogP contribution in [0, 0.1) is 0 Å². The summed E-state index contributed by atoms with van der Waals surface area (Å²) in [5, 5.41) is 12.3. The van der Waals surface area contributed by atoms with Crippen molar-refractivity contribution in [3.63, 3.8) is 0 Å². The summed E-state index contributed by atoms with van der Waals surface area (Å²) in [5.41, 5.74) is 1.93. The molecule has 8 nitrogen and oxygen atoms in total. The quantitative estimate of drug-likeness (QED) is 0.588. The van der Waals surface area contributed by atoms with E-state index in [1.165, 1.54) is 9.47 Å². The van der Waals surface area contributed by atoms with Gasteiger partial charge in [0, 0.05) is 26.8 Å². The molecule has 0 aliphatic rings. The third kappa shape index (κ3) is 2.79. The number of nitrogens with one attached hydrogen (secondary N) is 1. The molecule has 0 spiro atoms. The van der Waals surface area contributed by atoms with E-state index in [-0.39, 0.29) is 11.5 Å². The van der Waals surface area contributed by atoms with E-state index in [1.54, 1.807) is 33.3 Å². The van der Waals surface area contributed by atoms with Gasteiger partial charge in [0.1, 0.15) is 0 Å². The van der Waals surface area contributed by atoms with Crippen LogP contribution < -0.4 is 10.9 Å². The lowest BCUT2D eigenvalue weighted by Crippen LogP contribution is -2.23. The summed E-state index contributed by atoms with van der Waals surface area (Å²) in [6.07, 6.45) is 0. The third-order valence-corrected chi connectivity index (χ3v) is 4.69. The molecular weight excluding hydrogens is 356 g/mol. The van der Waals surface area contributed by atoms with E-state index in [0.717, 1.165) is 5.52 Å². The van der Waals surface area contributed by atoms with E-state index in [1.807, 2.05) is 40.8 Å². The molecule has 0 unspecified atom stereocenters. The Morgan fingerprint density at radius 3 is 2.57 bits per heavy atom.